The van der Waals surface area contributed by atoms with E-state index in [-0.39, 0.29) is 11.2 Å². The van der Waals surface area contributed by atoms with Crippen molar-refractivity contribution >= 4 is 17.5 Å². The van der Waals surface area contributed by atoms with Gasteiger partial charge >= 0.3 is 0 Å². The van der Waals surface area contributed by atoms with Gasteiger partial charge < -0.3 is 5.73 Å². The van der Waals surface area contributed by atoms with Crippen molar-refractivity contribution in [2.24, 2.45) is 7.05 Å². The topological polar surface area (TPSA) is 82.5 Å². The highest BCUT2D eigenvalue weighted by Crippen LogP contribution is 2.19. The van der Waals surface area contributed by atoms with E-state index in [0.29, 0.717) is 5.82 Å². The number of aromatic nitrogens is 5. The van der Waals surface area contributed by atoms with Crippen LogP contribution in [-0.4, -0.2) is 24.7 Å². The Labute approximate surface area is 91.1 Å². The van der Waals surface area contributed by atoms with Gasteiger partial charge in [0.25, 0.3) is 0 Å². The van der Waals surface area contributed by atoms with Crippen LogP contribution in [0.1, 0.15) is 5.69 Å². The average Bonchev–Trinajstić information content (AvgIpc) is 2.46. The lowest BCUT2D eigenvalue weighted by molar-refractivity contribution is 0.740. The van der Waals surface area contributed by atoms with Crippen LogP contribution in [0.2, 0.25) is 5.28 Å². The summed E-state index contributed by atoms with van der Waals surface area (Å²) in [6.07, 6.45) is 1.67. The maximum absolute atomic E-state index is 5.69. The molecule has 7 heteroatoms. The number of anilines is 1. The molecule has 0 bridgehead atoms. The third-order valence-corrected chi connectivity index (χ3v) is 2.27. The van der Waals surface area contributed by atoms with Crippen molar-refractivity contribution in [1.82, 2.24) is 24.7 Å². The highest BCUT2D eigenvalue weighted by atomic mass is 35.5. The van der Waals surface area contributed by atoms with Gasteiger partial charge in [-0.15, -0.1) is 0 Å². The Morgan fingerprint density at radius 2 is 2.07 bits per heavy atom. The van der Waals surface area contributed by atoms with Gasteiger partial charge in [-0.3, -0.25) is 4.68 Å². The Morgan fingerprint density at radius 3 is 2.60 bits per heavy atom. The lowest BCUT2D eigenvalue weighted by atomic mass is 10.2. The van der Waals surface area contributed by atoms with Crippen LogP contribution in [0.25, 0.3) is 11.4 Å². The molecule has 0 atom stereocenters. The summed E-state index contributed by atoms with van der Waals surface area (Å²) in [5.41, 5.74) is 7.22. The SMILES string of the molecule is Cc1c(-c2nc(N)nc(Cl)n2)cnn1C. The Morgan fingerprint density at radius 1 is 1.33 bits per heavy atom. The third-order valence-electron chi connectivity index (χ3n) is 2.10. The second-order valence-corrected chi connectivity index (χ2v) is 3.39. The number of nitrogens with zero attached hydrogens (tertiary/aromatic N) is 5. The molecule has 0 fully saturated rings. The fourth-order valence-corrected chi connectivity index (χ4v) is 1.37. The number of aryl methyl sites for hydroxylation is 1. The molecule has 2 aromatic heterocycles. The Bertz CT molecular complexity index is 486. The highest BCUT2D eigenvalue weighted by molar-refractivity contribution is 6.28. The predicted octanol–water partition coefficient (Wildman–Crippen LogP) is 0.816. The maximum Gasteiger partial charge on any atom is 0.227 e. The number of halogens is 1. The third kappa shape index (κ3) is 1.75. The summed E-state index contributed by atoms with van der Waals surface area (Å²) in [5.74, 6) is 0.548. The quantitative estimate of drug-likeness (QED) is 0.775. The lowest BCUT2D eigenvalue weighted by Gasteiger charge is -2.00. The first-order chi connectivity index (χ1) is 7.08. The van der Waals surface area contributed by atoms with E-state index >= 15 is 0 Å². The van der Waals surface area contributed by atoms with Crippen LogP contribution in [0.15, 0.2) is 6.20 Å². The van der Waals surface area contributed by atoms with E-state index < -0.39 is 0 Å². The zero-order valence-electron chi connectivity index (χ0n) is 8.27. The Balaban J connectivity index is 2.58. The summed E-state index contributed by atoms with van der Waals surface area (Å²) >= 11 is 5.69. The predicted molar refractivity (Wildman–Crippen MR) is 56.2 cm³/mol. The van der Waals surface area contributed by atoms with E-state index in [2.05, 4.69) is 20.1 Å². The zero-order chi connectivity index (χ0) is 11.0. The van der Waals surface area contributed by atoms with E-state index in [1.165, 1.54) is 0 Å². The molecule has 2 aromatic rings. The van der Waals surface area contributed by atoms with Gasteiger partial charge in [-0.1, -0.05) is 0 Å². The van der Waals surface area contributed by atoms with Crippen molar-refractivity contribution in [3.05, 3.63) is 17.2 Å². The molecule has 2 N–H and O–H groups in total. The molecule has 0 saturated carbocycles. The molecular weight excluding hydrogens is 216 g/mol. The minimum absolute atomic E-state index is 0.0840. The monoisotopic (exact) mass is 224 g/mol. The minimum Gasteiger partial charge on any atom is -0.368 e. The Kier molecular flexibility index (Phi) is 2.28. The summed E-state index contributed by atoms with van der Waals surface area (Å²) in [7, 11) is 1.84. The molecule has 6 nitrogen and oxygen atoms in total. The van der Waals surface area contributed by atoms with Crippen LogP contribution in [0.4, 0.5) is 5.95 Å². The van der Waals surface area contributed by atoms with Gasteiger partial charge in [-0.2, -0.15) is 20.1 Å². The van der Waals surface area contributed by atoms with Crippen LogP contribution in [-0.2, 0) is 7.05 Å². The molecule has 2 rings (SSSR count). The fraction of sp³-hybridized carbons (Fsp3) is 0.250. The van der Waals surface area contributed by atoms with E-state index in [1.807, 2.05) is 14.0 Å². The molecule has 2 heterocycles. The first-order valence-corrected chi connectivity index (χ1v) is 4.61. The van der Waals surface area contributed by atoms with Crippen molar-refractivity contribution in [3.63, 3.8) is 0 Å². The maximum atomic E-state index is 5.69. The zero-order valence-corrected chi connectivity index (χ0v) is 9.02. The summed E-state index contributed by atoms with van der Waals surface area (Å²) in [6, 6.07) is 0. The van der Waals surface area contributed by atoms with Crippen molar-refractivity contribution < 1.29 is 0 Å². The number of hydrogen-bond donors (Lipinski definition) is 1. The summed E-state index contributed by atoms with van der Waals surface area (Å²) in [4.78, 5) is 11.7. The van der Waals surface area contributed by atoms with Gasteiger partial charge in [-0.05, 0) is 18.5 Å². The average molecular weight is 225 g/mol. The molecule has 0 aliphatic heterocycles. The molecule has 0 aliphatic carbocycles. The first-order valence-electron chi connectivity index (χ1n) is 4.24. The van der Waals surface area contributed by atoms with E-state index in [9.17, 15) is 0 Å². The van der Waals surface area contributed by atoms with Crippen molar-refractivity contribution in [3.8, 4) is 11.4 Å². The number of nitrogen functional groups attached to an aromatic ring is 1. The molecule has 15 heavy (non-hydrogen) atoms. The first kappa shape index (κ1) is 9.85. The molecule has 0 radical (unpaired) electrons. The van der Waals surface area contributed by atoms with Crippen molar-refractivity contribution in [2.45, 2.75) is 6.92 Å². The van der Waals surface area contributed by atoms with E-state index in [4.69, 9.17) is 17.3 Å². The summed E-state index contributed by atoms with van der Waals surface area (Å²) in [6.45, 7) is 1.91. The summed E-state index contributed by atoms with van der Waals surface area (Å²) < 4.78 is 1.73. The minimum atomic E-state index is 0.0840. The van der Waals surface area contributed by atoms with Crippen LogP contribution in [0, 0.1) is 6.92 Å². The molecule has 78 valence electrons. The van der Waals surface area contributed by atoms with Gasteiger partial charge in [0.1, 0.15) is 0 Å². The van der Waals surface area contributed by atoms with Gasteiger partial charge in [0.05, 0.1) is 11.8 Å². The van der Waals surface area contributed by atoms with Crippen LogP contribution >= 0.6 is 11.6 Å². The number of nitrogens with two attached hydrogens (primary N) is 1. The molecule has 0 amide bonds. The normalized spacial score (nSPS) is 10.6. The largest absolute Gasteiger partial charge is 0.368 e. The highest BCUT2D eigenvalue weighted by Gasteiger charge is 2.11. The fourth-order valence-electron chi connectivity index (χ4n) is 1.20. The van der Waals surface area contributed by atoms with E-state index in [1.54, 1.807) is 10.9 Å². The van der Waals surface area contributed by atoms with Crippen LogP contribution in [0.3, 0.4) is 0 Å². The van der Waals surface area contributed by atoms with Crippen molar-refractivity contribution in [1.29, 1.82) is 0 Å². The molecule has 0 aromatic carbocycles. The molecular formula is C8H9ClN6. The second-order valence-electron chi connectivity index (χ2n) is 3.05. The standard InChI is InChI=1S/C8H9ClN6/c1-4-5(3-11-15(4)2)6-12-7(9)14-8(10)13-6/h3H,1-2H3,(H2,10,12,13,14). The summed E-state index contributed by atoms with van der Waals surface area (Å²) in [5, 5.41) is 4.17. The van der Waals surface area contributed by atoms with Crippen LogP contribution < -0.4 is 5.73 Å². The lowest BCUT2D eigenvalue weighted by Crippen LogP contribution is -2.00. The van der Waals surface area contributed by atoms with Crippen molar-refractivity contribution in [2.75, 3.05) is 5.73 Å². The second kappa shape index (κ2) is 3.47. The Hall–Kier alpha value is -1.69. The van der Waals surface area contributed by atoms with E-state index in [0.717, 1.165) is 11.3 Å². The number of hydrogen-bond acceptors (Lipinski definition) is 5. The van der Waals surface area contributed by atoms with Crippen LogP contribution in [0.5, 0.6) is 0 Å². The van der Waals surface area contributed by atoms with Gasteiger partial charge in [-0.25, -0.2) is 0 Å². The smallest absolute Gasteiger partial charge is 0.227 e. The molecule has 0 unspecified atom stereocenters. The van der Waals surface area contributed by atoms with Gasteiger partial charge in [0.15, 0.2) is 5.82 Å². The van der Waals surface area contributed by atoms with Gasteiger partial charge in [0, 0.05) is 12.7 Å². The molecule has 0 aliphatic rings. The molecule has 0 saturated heterocycles. The molecule has 0 spiro atoms. The number of rotatable bonds is 1. The van der Waals surface area contributed by atoms with Gasteiger partial charge in [0.2, 0.25) is 11.2 Å².